The third-order valence-corrected chi connectivity index (χ3v) is 4.14. The van der Waals surface area contributed by atoms with E-state index in [0.717, 1.165) is 11.7 Å². The maximum Gasteiger partial charge on any atom is 0.187 e. The molecule has 0 unspecified atom stereocenters. The molecule has 1 fully saturated rings. The number of hydrogen-bond donors (Lipinski definition) is 1. The standard InChI is InChI=1S/C14H23N3S/c1-18-14-16-10-12(11-17-14)9-15-13-7-5-3-2-4-6-8-13/h10-11,13,15H,2-9H2,1H3. The molecule has 1 aromatic heterocycles. The van der Waals surface area contributed by atoms with Crippen LogP contribution in [0.4, 0.5) is 0 Å². The molecule has 0 amide bonds. The van der Waals surface area contributed by atoms with Crippen LogP contribution in [-0.2, 0) is 6.54 Å². The second kappa shape index (κ2) is 7.74. The van der Waals surface area contributed by atoms with Crippen molar-refractivity contribution in [2.75, 3.05) is 6.26 Å². The van der Waals surface area contributed by atoms with Gasteiger partial charge in [0.2, 0.25) is 0 Å². The molecule has 4 heteroatoms. The molecule has 0 radical (unpaired) electrons. The van der Waals surface area contributed by atoms with Gasteiger partial charge in [-0.15, -0.1) is 0 Å². The van der Waals surface area contributed by atoms with Crippen molar-refractivity contribution in [1.82, 2.24) is 15.3 Å². The molecule has 1 N–H and O–H groups in total. The van der Waals surface area contributed by atoms with Crippen LogP contribution >= 0.6 is 11.8 Å². The van der Waals surface area contributed by atoms with Crippen LogP contribution in [0.25, 0.3) is 0 Å². The molecule has 0 saturated heterocycles. The Morgan fingerprint density at radius 1 is 1.11 bits per heavy atom. The Labute approximate surface area is 114 Å². The SMILES string of the molecule is CSc1ncc(CNC2CCCCCCC2)cn1. The Bertz CT molecular complexity index is 331. The molecule has 0 atom stereocenters. The highest BCUT2D eigenvalue weighted by Crippen LogP contribution is 2.17. The van der Waals surface area contributed by atoms with Gasteiger partial charge in [0.05, 0.1) is 0 Å². The van der Waals surface area contributed by atoms with E-state index in [1.165, 1.54) is 50.5 Å². The van der Waals surface area contributed by atoms with Crippen LogP contribution in [0.15, 0.2) is 17.6 Å². The first-order valence-corrected chi connectivity index (χ1v) is 8.19. The minimum atomic E-state index is 0.686. The van der Waals surface area contributed by atoms with Gasteiger partial charge in [-0.3, -0.25) is 0 Å². The Balaban J connectivity index is 1.78. The van der Waals surface area contributed by atoms with Gasteiger partial charge in [0, 0.05) is 30.5 Å². The van der Waals surface area contributed by atoms with Crippen molar-refractivity contribution in [2.45, 2.75) is 62.7 Å². The number of hydrogen-bond acceptors (Lipinski definition) is 4. The summed E-state index contributed by atoms with van der Waals surface area (Å²) >= 11 is 1.59. The first-order chi connectivity index (χ1) is 8.88. The van der Waals surface area contributed by atoms with Crippen molar-refractivity contribution in [1.29, 1.82) is 0 Å². The lowest BCUT2D eigenvalue weighted by atomic mass is 9.96. The highest BCUT2D eigenvalue weighted by atomic mass is 32.2. The molecule has 0 aliphatic heterocycles. The molecule has 1 heterocycles. The quantitative estimate of drug-likeness (QED) is 0.669. The van der Waals surface area contributed by atoms with Gasteiger partial charge < -0.3 is 5.32 Å². The predicted molar refractivity (Wildman–Crippen MR) is 76.8 cm³/mol. The summed E-state index contributed by atoms with van der Waals surface area (Å²) in [5.74, 6) is 0. The van der Waals surface area contributed by atoms with Gasteiger partial charge in [0.15, 0.2) is 5.16 Å². The molecule has 0 spiro atoms. The first-order valence-electron chi connectivity index (χ1n) is 6.97. The number of rotatable bonds is 4. The van der Waals surface area contributed by atoms with Gasteiger partial charge in [0.25, 0.3) is 0 Å². The summed E-state index contributed by atoms with van der Waals surface area (Å²) in [4.78, 5) is 8.61. The second-order valence-electron chi connectivity index (χ2n) is 5.00. The van der Waals surface area contributed by atoms with Gasteiger partial charge in [-0.1, -0.05) is 43.9 Å². The van der Waals surface area contributed by atoms with Crippen LogP contribution < -0.4 is 5.32 Å². The Morgan fingerprint density at radius 3 is 2.33 bits per heavy atom. The highest BCUT2D eigenvalue weighted by molar-refractivity contribution is 7.98. The fourth-order valence-electron chi connectivity index (χ4n) is 2.46. The number of nitrogens with one attached hydrogen (secondary N) is 1. The molecule has 0 bridgehead atoms. The first kappa shape index (κ1) is 13.8. The molecule has 2 rings (SSSR count). The monoisotopic (exact) mass is 265 g/mol. The summed E-state index contributed by atoms with van der Waals surface area (Å²) in [5, 5.41) is 4.51. The lowest BCUT2D eigenvalue weighted by Gasteiger charge is -2.20. The van der Waals surface area contributed by atoms with Crippen LogP contribution in [0, 0.1) is 0 Å². The minimum absolute atomic E-state index is 0.686. The van der Waals surface area contributed by atoms with E-state index in [2.05, 4.69) is 15.3 Å². The zero-order valence-electron chi connectivity index (χ0n) is 11.2. The fraction of sp³-hybridized carbons (Fsp3) is 0.714. The molecular formula is C14H23N3S. The summed E-state index contributed by atoms with van der Waals surface area (Å²) in [6.45, 7) is 0.902. The lowest BCUT2D eigenvalue weighted by Crippen LogP contribution is -2.29. The summed E-state index contributed by atoms with van der Waals surface area (Å²) in [7, 11) is 0. The van der Waals surface area contributed by atoms with Gasteiger partial charge in [-0.05, 0) is 19.1 Å². The van der Waals surface area contributed by atoms with E-state index in [4.69, 9.17) is 0 Å². The van der Waals surface area contributed by atoms with Crippen molar-refractivity contribution in [3.05, 3.63) is 18.0 Å². The van der Waals surface area contributed by atoms with E-state index >= 15 is 0 Å². The van der Waals surface area contributed by atoms with E-state index in [0.29, 0.717) is 6.04 Å². The van der Waals surface area contributed by atoms with Crippen LogP contribution in [0.5, 0.6) is 0 Å². The Hall–Kier alpha value is -0.610. The minimum Gasteiger partial charge on any atom is -0.310 e. The largest absolute Gasteiger partial charge is 0.310 e. The second-order valence-corrected chi connectivity index (χ2v) is 5.77. The summed E-state index contributed by atoms with van der Waals surface area (Å²) < 4.78 is 0. The molecule has 1 aromatic rings. The van der Waals surface area contributed by atoms with Gasteiger partial charge in [-0.2, -0.15) is 0 Å². The van der Waals surface area contributed by atoms with E-state index in [9.17, 15) is 0 Å². The van der Waals surface area contributed by atoms with E-state index < -0.39 is 0 Å². The van der Waals surface area contributed by atoms with Crippen LogP contribution in [0.2, 0.25) is 0 Å². The van der Waals surface area contributed by atoms with Gasteiger partial charge >= 0.3 is 0 Å². The molecule has 0 aromatic carbocycles. The third-order valence-electron chi connectivity index (χ3n) is 3.56. The van der Waals surface area contributed by atoms with Crippen LogP contribution in [0.3, 0.4) is 0 Å². The fourth-order valence-corrected chi connectivity index (χ4v) is 2.78. The van der Waals surface area contributed by atoms with E-state index in [1.54, 1.807) is 11.8 Å². The molecule has 100 valence electrons. The van der Waals surface area contributed by atoms with Crippen molar-refractivity contribution in [2.24, 2.45) is 0 Å². The smallest absolute Gasteiger partial charge is 0.187 e. The van der Waals surface area contributed by atoms with Gasteiger partial charge in [-0.25, -0.2) is 9.97 Å². The maximum atomic E-state index is 4.31. The summed E-state index contributed by atoms with van der Waals surface area (Å²) in [6.07, 6.45) is 15.5. The Morgan fingerprint density at radius 2 is 1.72 bits per heavy atom. The van der Waals surface area contributed by atoms with Crippen molar-refractivity contribution >= 4 is 11.8 Å². The predicted octanol–water partition coefficient (Wildman–Crippen LogP) is 3.40. The summed E-state index contributed by atoms with van der Waals surface area (Å²) in [6, 6.07) is 0.686. The molecule has 1 saturated carbocycles. The van der Waals surface area contributed by atoms with Crippen LogP contribution in [-0.4, -0.2) is 22.3 Å². The average molecular weight is 265 g/mol. The zero-order valence-corrected chi connectivity index (χ0v) is 12.0. The van der Waals surface area contributed by atoms with Gasteiger partial charge in [0.1, 0.15) is 0 Å². The van der Waals surface area contributed by atoms with E-state index in [1.807, 2.05) is 18.6 Å². The lowest BCUT2D eigenvalue weighted by molar-refractivity contribution is 0.388. The Kier molecular flexibility index (Phi) is 5.94. The normalized spacial score (nSPS) is 18.3. The summed E-state index contributed by atoms with van der Waals surface area (Å²) in [5.41, 5.74) is 1.19. The number of thioether (sulfide) groups is 1. The van der Waals surface area contributed by atoms with Crippen molar-refractivity contribution in [3.8, 4) is 0 Å². The molecule has 1 aliphatic carbocycles. The zero-order chi connectivity index (χ0) is 12.6. The number of aromatic nitrogens is 2. The molecule has 3 nitrogen and oxygen atoms in total. The van der Waals surface area contributed by atoms with Crippen LogP contribution in [0.1, 0.15) is 50.5 Å². The maximum absolute atomic E-state index is 4.31. The number of nitrogens with zero attached hydrogens (tertiary/aromatic N) is 2. The van der Waals surface area contributed by atoms with Crippen molar-refractivity contribution < 1.29 is 0 Å². The van der Waals surface area contributed by atoms with Crippen molar-refractivity contribution in [3.63, 3.8) is 0 Å². The molecule has 1 aliphatic rings. The molecular weight excluding hydrogens is 242 g/mol. The topological polar surface area (TPSA) is 37.8 Å². The van der Waals surface area contributed by atoms with E-state index in [-0.39, 0.29) is 0 Å². The molecule has 18 heavy (non-hydrogen) atoms. The highest BCUT2D eigenvalue weighted by Gasteiger charge is 2.10. The third kappa shape index (κ3) is 4.58. The average Bonchev–Trinajstić information content (AvgIpc) is 2.38.